The van der Waals surface area contributed by atoms with Crippen LogP contribution in [0, 0.1) is 10.1 Å². The van der Waals surface area contributed by atoms with Crippen LogP contribution >= 0.6 is 39.1 Å². The third kappa shape index (κ3) is 5.29. The third-order valence-electron chi connectivity index (χ3n) is 3.32. The smallest absolute Gasteiger partial charge is 0.291 e. The van der Waals surface area contributed by atoms with E-state index in [1.807, 2.05) is 16.8 Å². The minimum Gasteiger partial charge on any atom is -0.342 e. The number of hydrogen-bond acceptors (Lipinski definition) is 5. The van der Waals surface area contributed by atoms with E-state index in [0.717, 1.165) is 5.56 Å². The topological polar surface area (TPSA) is 99.7 Å². The number of ether oxygens (including phenoxy) is 2. The zero-order valence-corrected chi connectivity index (χ0v) is 15.8. The molecule has 2 aromatic rings. The minimum atomic E-state index is -1.50. The maximum Gasteiger partial charge on any atom is 0.291 e. The zero-order valence-electron chi connectivity index (χ0n) is 12.7. The number of hydrogen-bond donors (Lipinski definition) is 1. The summed E-state index contributed by atoms with van der Waals surface area (Å²) in [5.41, 5.74) is 0.769. The quantitative estimate of drug-likeness (QED) is 0.431. The highest BCUT2D eigenvalue weighted by Gasteiger charge is 2.44. The summed E-state index contributed by atoms with van der Waals surface area (Å²) < 4.78 is 14.0. The van der Waals surface area contributed by atoms with Gasteiger partial charge in [0.2, 0.25) is 5.79 Å². The molecular weight excluding hydrogens is 441 g/mol. The van der Waals surface area contributed by atoms with Crippen molar-refractivity contribution in [3.05, 3.63) is 62.6 Å². The van der Waals surface area contributed by atoms with Crippen LogP contribution in [0.15, 0.2) is 36.9 Å². The molecule has 1 aromatic heterocycles. The largest absolute Gasteiger partial charge is 0.342 e. The van der Waals surface area contributed by atoms with Gasteiger partial charge in [0.1, 0.15) is 0 Å². The summed E-state index contributed by atoms with van der Waals surface area (Å²) >= 11 is 15.8. The van der Waals surface area contributed by atoms with Crippen LogP contribution in [-0.2, 0) is 21.8 Å². The second-order valence-electron chi connectivity index (χ2n) is 5.06. The molecule has 3 rings (SSSR count). The second-order valence-corrected chi connectivity index (χ2v) is 6.55. The van der Waals surface area contributed by atoms with Gasteiger partial charge < -0.3 is 19.2 Å². The minimum absolute atomic E-state index is 0.0275. The summed E-state index contributed by atoms with van der Waals surface area (Å²) in [6.45, 7) is 0.969. The highest BCUT2D eigenvalue weighted by Crippen LogP contribution is 2.40. The van der Waals surface area contributed by atoms with Crippen molar-refractivity contribution in [3.8, 4) is 0 Å². The molecule has 8 nitrogen and oxygen atoms in total. The maximum atomic E-state index is 8.36. The Morgan fingerprint density at radius 2 is 2.24 bits per heavy atom. The Morgan fingerprint density at radius 1 is 1.52 bits per heavy atom. The molecule has 0 saturated carbocycles. The van der Waals surface area contributed by atoms with Gasteiger partial charge in [0.05, 0.1) is 30.6 Å². The molecule has 136 valence electrons. The lowest BCUT2D eigenvalue weighted by Gasteiger charge is -2.29. The van der Waals surface area contributed by atoms with Crippen LogP contribution in [0.1, 0.15) is 5.56 Å². The Hall–Kier alpha value is -1.39. The monoisotopic (exact) mass is 453 g/mol. The molecule has 1 aliphatic heterocycles. The predicted octanol–water partition coefficient (Wildman–Crippen LogP) is 3.51. The number of rotatable bonds is 4. The standard InChI is InChI=1S/C14H13BrCl2N2O2.HNO3/c15-6-11-7-20-14(21-11,8-19-4-3-18-9-19)12-2-1-10(16)5-13(12)17;2-1(3)4/h1-5,9,11H,6-8H2;(H,2,3,4)/t11-,14-;/m1./s1. The predicted molar refractivity (Wildman–Crippen MR) is 93.8 cm³/mol. The van der Waals surface area contributed by atoms with Gasteiger partial charge in [-0.3, -0.25) is 0 Å². The Bertz CT molecular complexity index is 714. The maximum absolute atomic E-state index is 8.36. The molecule has 0 unspecified atom stereocenters. The molecule has 0 amide bonds. The van der Waals surface area contributed by atoms with Crippen molar-refractivity contribution in [1.29, 1.82) is 0 Å². The number of alkyl halides is 1. The van der Waals surface area contributed by atoms with Gasteiger partial charge in [-0.15, -0.1) is 10.1 Å². The number of imidazole rings is 1. The third-order valence-corrected chi connectivity index (χ3v) is 4.59. The zero-order chi connectivity index (χ0) is 18.4. The van der Waals surface area contributed by atoms with Crippen molar-refractivity contribution in [2.24, 2.45) is 0 Å². The lowest BCUT2D eigenvalue weighted by Crippen LogP contribution is -2.33. The fraction of sp³-hybridized carbons (Fsp3) is 0.357. The van der Waals surface area contributed by atoms with Gasteiger partial charge >= 0.3 is 0 Å². The first-order valence-electron chi connectivity index (χ1n) is 6.98. The SMILES string of the molecule is Clc1ccc([C@]2(Cn3ccnc3)OC[C@@H](CBr)O2)c(Cl)c1.O=[N+]([O-])O. The van der Waals surface area contributed by atoms with Crippen LogP contribution in [0.3, 0.4) is 0 Å². The van der Waals surface area contributed by atoms with Gasteiger partial charge in [-0.05, 0) is 12.1 Å². The molecule has 2 heterocycles. The fourth-order valence-corrected chi connectivity index (χ4v) is 3.24. The van der Waals surface area contributed by atoms with Gasteiger partial charge in [-0.2, -0.15) is 0 Å². The van der Waals surface area contributed by atoms with Crippen LogP contribution in [0.25, 0.3) is 0 Å². The molecule has 11 heteroatoms. The van der Waals surface area contributed by atoms with Crippen molar-refractivity contribution in [1.82, 2.24) is 9.55 Å². The summed E-state index contributed by atoms with van der Waals surface area (Å²) in [7, 11) is 0. The number of aromatic nitrogens is 2. The lowest BCUT2D eigenvalue weighted by atomic mass is 10.1. The number of benzene rings is 1. The van der Waals surface area contributed by atoms with E-state index in [-0.39, 0.29) is 6.10 Å². The Labute approximate surface area is 161 Å². The Balaban J connectivity index is 0.000000511. The summed E-state index contributed by atoms with van der Waals surface area (Å²) in [6.07, 6.45) is 5.27. The first-order chi connectivity index (χ1) is 11.9. The van der Waals surface area contributed by atoms with E-state index >= 15 is 0 Å². The highest BCUT2D eigenvalue weighted by atomic mass is 79.9. The van der Waals surface area contributed by atoms with E-state index in [4.69, 9.17) is 48.0 Å². The van der Waals surface area contributed by atoms with E-state index in [1.54, 1.807) is 24.7 Å². The van der Waals surface area contributed by atoms with Gasteiger partial charge in [0, 0.05) is 28.3 Å². The average Bonchev–Trinajstić information content (AvgIpc) is 3.17. The van der Waals surface area contributed by atoms with E-state index in [1.165, 1.54) is 0 Å². The molecule has 0 spiro atoms. The molecule has 25 heavy (non-hydrogen) atoms. The van der Waals surface area contributed by atoms with Gasteiger partial charge in [-0.1, -0.05) is 45.2 Å². The van der Waals surface area contributed by atoms with Crippen LogP contribution in [0.2, 0.25) is 10.0 Å². The molecule has 1 aromatic carbocycles. The normalized spacial score (nSPS) is 22.3. The summed E-state index contributed by atoms with van der Waals surface area (Å²) in [5, 5.41) is 15.4. The molecular formula is C14H14BrCl2N3O5. The molecule has 0 radical (unpaired) electrons. The van der Waals surface area contributed by atoms with Crippen LogP contribution in [0.5, 0.6) is 0 Å². The van der Waals surface area contributed by atoms with Crippen molar-refractivity contribution in [2.45, 2.75) is 18.4 Å². The van der Waals surface area contributed by atoms with Crippen molar-refractivity contribution < 1.29 is 19.8 Å². The van der Waals surface area contributed by atoms with E-state index in [2.05, 4.69) is 20.9 Å². The first-order valence-corrected chi connectivity index (χ1v) is 8.86. The molecule has 0 bridgehead atoms. The van der Waals surface area contributed by atoms with Crippen LogP contribution < -0.4 is 0 Å². The van der Waals surface area contributed by atoms with E-state index in [9.17, 15) is 0 Å². The lowest BCUT2D eigenvalue weighted by molar-refractivity contribution is -0.742. The Morgan fingerprint density at radius 3 is 2.76 bits per heavy atom. The first kappa shape index (κ1) is 19.9. The van der Waals surface area contributed by atoms with Gasteiger partial charge in [0.15, 0.2) is 0 Å². The molecule has 1 N–H and O–H groups in total. The van der Waals surface area contributed by atoms with Crippen LogP contribution in [-0.4, -0.2) is 37.9 Å². The summed E-state index contributed by atoms with van der Waals surface area (Å²) in [6, 6.07) is 5.33. The molecule has 1 saturated heterocycles. The van der Waals surface area contributed by atoms with Crippen molar-refractivity contribution in [2.75, 3.05) is 11.9 Å². The van der Waals surface area contributed by atoms with Gasteiger partial charge in [0.25, 0.3) is 5.09 Å². The summed E-state index contributed by atoms with van der Waals surface area (Å²) in [4.78, 5) is 12.4. The van der Waals surface area contributed by atoms with Crippen LogP contribution in [0.4, 0.5) is 0 Å². The Kier molecular flexibility index (Phi) is 7.03. The van der Waals surface area contributed by atoms with E-state index < -0.39 is 10.9 Å². The van der Waals surface area contributed by atoms with Crippen molar-refractivity contribution >= 4 is 39.1 Å². The fourth-order valence-electron chi connectivity index (χ4n) is 2.37. The number of halogens is 3. The molecule has 1 aliphatic rings. The van der Waals surface area contributed by atoms with Crippen molar-refractivity contribution in [3.63, 3.8) is 0 Å². The summed E-state index contributed by atoms with van der Waals surface area (Å²) in [5.74, 6) is -0.930. The second kappa shape index (κ2) is 8.81. The molecule has 0 aliphatic carbocycles. The molecule has 2 atom stereocenters. The number of nitrogens with zero attached hydrogens (tertiary/aromatic N) is 3. The average molecular weight is 455 g/mol. The van der Waals surface area contributed by atoms with Gasteiger partial charge in [-0.25, -0.2) is 4.98 Å². The molecule has 1 fully saturated rings. The van der Waals surface area contributed by atoms with E-state index in [0.29, 0.717) is 28.5 Å². The highest BCUT2D eigenvalue weighted by molar-refractivity contribution is 9.09.